The minimum atomic E-state index is -0.154. The predicted octanol–water partition coefficient (Wildman–Crippen LogP) is 3.66. The Hall–Kier alpha value is -0.930. The van der Waals surface area contributed by atoms with Gasteiger partial charge in [0, 0.05) is 19.1 Å². The second kappa shape index (κ2) is 6.45. The summed E-state index contributed by atoms with van der Waals surface area (Å²) >= 11 is 0. The molecule has 0 aromatic heterocycles. The van der Waals surface area contributed by atoms with Crippen molar-refractivity contribution >= 4 is 0 Å². The quantitative estimate of drug-likeness (QED) is 0.917. The fourth-order valence-corrected chi connectivity index (χ4v) is 3.65. The van der Waals surface area contributed by atoms with Crippen LogP contribution < -0.4 is 5.73 Å². The van der Waals surface area contributed by atoms with Crippen molar-refractivity contribution < 1.29 is 4.39 Å². The van der Waals surface area contributed by atoms with Crippen LogP contribution in [0.3, 0.4) is 0 Å². The molecular formula is C18H29FN2. The van der Waals surface area contributed by atoms with E-state index < -0.39 is 0 Å². The highest BCUT2D eigenvalue weighted by molar-refractivity contribution is 5.16. The smallest absolute Gasteiger partial charge is 0.123 e. The number of hydrogen-bond acceptors (Lipinski definition) is 2. The summed E-state index contributed by atoms with van der Waals surface area (Å²) in [5.41, 5.74) is 7.53. The van der Waals surface area contributed by atoms with Gasteiger partial charge in [-0.05, 0) is 54.8 Å². The zero-order valence-corrected chi connectivity index (χ0v) is 13.8. The number of benzene rings is 1. The molecule has 0 heterocycles. The first-order chi connectivity index (χ1) is 9.80. The summed E-state index contributed by atoms with van der Waals surface area (Å²) in [7, 11) is 2.13. The van der Waals surface area contributed by atoms with Crippen molar-refractivity contribution in [2.24, 2.45) is 23.0 Å². The largest absolute Gasteiger partial charge is 0.327 e. The Morgan fingerprint density at radius 2 is 2.05 bits per heavy atom. The molecule has 0 bridgehead atoms. The molecule has 2 N–H and O–H groups in total. The molecule has 0 spiro atoms. The van der Waals surface area contributed by atoms with Gasteiger partial charge in [-0.25, -0.2) is 4.39 Å². The lowest BCUT2D eigenvalue weighted by atomic mass is 9.61. The van der Waals surface area contributed by atoms with Crippen LogP contribution in [0.4, 0.5) is 4.39 Å². The van der Waals surface area contributed by atoms with Crippen molar-refractivity contribution in [3.05, 3.63) is 35.6 Å². The van der Waals surface area contributed by atoms with E-state index in [1.807, 2.05) is 6.07 Å². The van der Waals surface area contributed by atoms with Crippen LogP contribution in [-0.4, -0.2) is 24.5 Å². The third-order valence-corrected chi connectivity index (χ3v) is 5.59. The molecule has 1 aliphatic rings. The summed E-state index contributed by atoms with van der Waals surface area (Å²) in [4.78, 5) is 2.31. The van der Waals surface area contributed by atoms with Gasteiger partial charge in [-0.15, -0.1) is 0 Å². The second-order valence-corrected chi connectivity index (χ2v) is 7.37. The SMILES string of the molecule is CC1C(N)CCC(CN(C)Cc2cccc(F)c2)C1(C)C. The first kappa shape index (κ1) is 16.4. The van der Waals surface area contributed by atoms with E-state index in [1.165, 1.54) is 12.5 Å². The molecule has 1 aromatic rings. The molecule has 21 heavy (non-hydrogen) atoms. The van der Waals surface area contributed by atoms with Crippen LogP contribution in [0.2, 0.25) is 0 Å². The zero-order chi connectivity index (χ0) is 15.6. The van der Waals surface area contributed by atoms with Gasteiger partial charge in [0.2, 0.25) is 0 Å². The van der Waals surface area contributed by atoms with Crippen LogP contribution in [-0.2, 0) is 6.54 Å². The Morgan fingerprint density at radius 3 is 2.71 bits per heavy atom. The van der Waals surface area contributed by atoms with E-state index in [0.29, 0.717) is 17.9 Å². The highest BCUT2D eigenvalue weighted by Crippen LogP contribution is 2.44. The Morgan fingerprint density at radius 1 is 1.33 bits per heavy atom. The van der Waals surface area contributed by atoms with Crippen LogP contribution in [0, 0.1) is 23.1 Å². The molecule has 0 aliphatic heterocycles. The van der Waals surface area contributed by atoms with E-state index in [-0.39, 0.29) is 11.2 Å². The van der Waals surface area contributed by atoms with Crippen molar-refractivity contribution in [1.82, 2.24) is 4.90 Å². The zero-order valence-electron chi connectivity index (χ0n) is 13.8. The molecule has 2 rings (SSSR count). The minimum absolute atomic E-state index is 0.154. The van der Waals surface area contributed by atoms with Crippen LogP contribution in [0.5, 0.6) is 0 Å². The number of nitrogens with zero attached hydrogens (tertiary/aromatic N) is 1. The normalized spacial score (nSPS) is 28.8. The fourth-order valence-electron chi connectivity index (χ4n) is 3.65. The molecule has 0 saturated heterocycles. The molecule has 3 heteroatoms. The first-order valence-electron chi connectivity index (χ1n) is 7.99. The molecule has 118 valence electrons. The minimum Gasteiger partial charge on any atom is -0.327 e. The molecule has 1 fully saturated rings. The number of halogens is 1. The van der Waals surface area contributed by atoms with Gasteiger partial charge in [-0.2, -0.15) is 0 Å². The summed E-state index contributed by atoms with van der Waals surface area (Å²) in [6.07, 6.45) is 2.30. The van der Waals surface area contributed by atoms with Crippen LogP contribution in [0.1, 0.15) is 39.2 Å². The number of nitrogens with two attached hydrogens (primary N) is 1. The maximum Gasteiger partial charge on any atom is 0.123 e. The molecular weight excluding hydrogens is 263 g/mol. The molecule has 0 radical (unpaired) electrons. The van der Waals surface area contributed by atoms with Gasteiger partial charge in [-0.1, -0.05) is 32.9 Å². The van der Waals surface area contributed by atoms with Gasteiger partial charge in [0.1, 0.15) is 5.82 Å². The van der Waals surface area contributed by atoms with Gasteiger partial charge < -0.3 is 10.6 Å². The van der Waals surface area contributed by atoms with E-state index in [4.69, 9.17) is 5.73 Å². The molecule has 2 nitrogen and oxygen atoms in total. The average molecular weight is 292 g/mol. The summed E-state index contributed by atoms with van der Waals surface area (Å²) in [6, 6.07) is 7.22. The molecule has 1 aromatic carbocycles. The van der Waals surface area contributed by atoms with Crippen molar-refractivity contribution in [1.29, 1.82) is 0 Å². The van der Waals surface area contributed by atoms with Gasteiger partial charge >= 0.3 is 0 Å². The molecule has 0 amide bonds. The maximum atomic E-state index is 13.3. The van der Waals surface area contributed by atoms with Crippen molar-refractivity contribution in [3.8, 4) is 0 Å². The lowest BCUT2D eigenvalue weighted by molar-refractivity contribution is 0.0324. The van der Waals surface area contributed by atoms with E-state index >= 15 is 0 Å². The highest BCUT2D eigenvalue weighted by Gasteiger charge is 2.41. The molecule has 1 aliphatic carbocycles. The number of rotatable bonds is 4. The lowest BCUT2D eigenvalue weighted by Gasteiger charge is -2.48. The van der Waals surface area contributed by atoms with Crippen molar-refractivity contribution in [2.45, 2.75) is 46.2 Å². The summed E-state index contributed by atoms with van der Waals surface area (Å²) < 4.78 is 13.3. The summed E-state index contributed by atoms with van der Waals surface area (Å²) in [6.45, 7) is 8.81. The Kier molecular flexibility index (Phi) is 5.05. The third kappa shape index (κ3) is 3.83. The van der Waals surface area contributed by atoms with Gasteiger partial charge in [0.25, 0.3) is 0 Å². The van der Waals surface area contributed by atoms with E-state index in [9.17, 15) is 4.39 Å². The fraction of sp³-hybridized carbons (Fsp3) is 0.667. The molecule has 3 unspecified atom stereocenters. The Balaban J connectivity index is 1.97. The lowest BCUT2D eigenvalue weighted by Crippen LogP contribution is -2.49. The van der Waals surface area contributed by atoms with Crippen molar-refractivity contribution in [3.63, 3.8) is 0 Å². The number of hydrogen-bond donors (Lipinski definition) is 1. The molecule has 3 atom stereocenters. The standard InChI is InChI=1S/C18H29FN2/c1-13-17(20)9-8-15(18(13,2)3)12-21(4)11-14-6-5-7-16(19)10-14/h5-7,10,13,15,17H,8-9,11-12,20H2,1-4H3. The van der Waals surface area contributed by atoms with Crippen molar-refractivity contribution in [2.75, 3.05) is 13.6 Å². The van der Waals surface area contributed by atoms with E-state index in [1.54, 1.807) is 12.1 Å². The Bertz CT molecular complexity index is 472. The van der Waals surface area contributed by atoms with Crippen LogP contribution >= 0.6 is 0 Å². The Labute approximate surface area is 128 Å². The summed E-state index contributed by atoms with van der Waals surface area (Å²) in [5.74, 6) is 1.03. The van der Waals surface area contributed by atoms with E-state index in [0.717, 1.165) is 25.1 Å². The second-order valence-electron chi connectivity index (χ2n) is 7.37. The van der Waals surface area contributed by atoms with Crippen LogP contribution in [0.15, 0.2) is 24.3 Å². The first-order valence-corrected chi connectivity index (χ1v) is 7.99. The summed E-state index contributed by atoms with van der Waals surface area (Å²) in [5, 5.41) is 0. The van der Waals surface area contributed by atoms with Gasteiger partial charge in [0.15, 0.2) is 0 Å². The topological polar surface area (TPSA) is 29.3 Å². The maximum absolute atomic E-state index is 13.3. The molecule has 1 saturated carbocycles. The van der Waals surface area contributed by atoms with E-state index in [2.05, 4.69) is 32.7 Å². The third-order valence-electron chi connectivity index (χ3n) is 5.59. The average Bonchev–Trinajstić information content (AvgIpc) is 2.40. The van der Waals surface area contributed by atoms with Gasteiger partial charge in [0.05, 0.1) is 0 Å². The monoisotopic (exact) mass is 292 g/mol. The predicted molar refractivity (Wildman–Crippen MR) is 86.4 cm³/mol. The van der Waals surface area contributed by atoms with Crippen LogP contribution in [0.25, 0.3) is 0 Å². The van der Waals surface area contributed by atoms with Gasteiger partial charge in [-0.3, -0.25) is 0 Å². The highest BCUT2D eigenvalue weighted by atomic mass is 19.1.